The third kappa shape index (κ3) is 2.90. The fraction of sp³-hybridized carbons (Fsp3) is 0.400. The fourth-order valence-electron chi connectivity index (χ4n) is 1.80. The van der Waals surface area contributed by atoms with E-state index < -0.39 is 0 Å². The Morgan fingerprint density at radius 2 is 2.06 bits per heavy atom. The molecular formula is C15H19BrN2. The highest BCUT2D eigenvalue weighted by molar-refractivity contribution is 9.10. The van der Waals surface area contributed by atoms with Gasteiger partial charge in [0.05, 0.1) is 5.52 Å². The van der Waals surface area contributed by atoms with E-state index in [0.717, 1.165) is 23.0 Å². The normalized spacial score (nSPS) is 12.0. The second-order valence-corrected chi connectivity index (χ2v) is 6.05. The molecule has 2 aromatic rings. The predicted octanol–water partition coefficient (Wildman–Crippen LogP) is 4.28. The minimum atomic E-state index is 0.161. The molecule has 0 bridgehead atoms. The predicted molar refractivity (Wildman–Crippen MR) is 80.7 cm³/mol. The van der Waals surface area contributed by atoms with Gasteiger partial charge in [0.2, 0.25) is 0 Å². The molecule has 0 spiro atoms. The molecule has 1 heterocycles. The number of fused-ring (bicyclic) bond motifs is 1. The summed E-state index contributed by atoms with van der Waals surface area (Å²) in [6.07, 6.45) is 2.96. The lowest BCUT2D eigenvalue weighted by molar-refractivity contribution is 0.375. The molecule has 3 heteroatoms. The van der Waals surface area contributed by atoms with Crippen LogP contribution in [0.3, 0.4) is 0 Å². The zero-order chi connectivity index (χ0) is 13.2. The number of pyridine rings is 1. The van der Waals surface area contributed by atoms with Crippen LogP contribution in [0.1, 0.15) is 32.8 Å². The highest BCUT2D eigenvalue weighted by Crippen LogP contribution is 2.25. The van der Waals surface area contributed by atoms with Gasteiger partial charge < -0.3 is 5.32 Å². The number of nitrogens with zero attached hydrogens (tertiary/aromatic N) is 1. The Bertz CT molecular complexity index is 549. The van der Waals surface area contributed by atoms with Crippen molar-refractivity contribution in [1.29, 1.82) is 0 Å². The van der Waals surface area contributed by atoms with E-state index in [9.17, 15) is 0 Å². The Morgan fingerprint density at radius 1 is 1.28 bits per heavy atom. The summed E-state index contributed by atoms with van der Waals surface area (Å²) in [5.41, 5.74) is 2.48. The van der Waals surface area contributed by atoms with Crippen molar-refractivity contribution in [2.24, 2.45) is 0 Å². The maximum Gasteiger partial charge on any atom is 0.0758 e. The first-order chi connectivity index (χ1) is 8.53. The molecule has 0 aliphatic rings. The minimum absolute atomic E-state index is 0.161. The van der Waals surface area contributed by atoms with Crippen molar-refractivity contribution < 1.29 is 0 Å². The van der Waals surface area contributed by atoms with Crippen molar-refractivity contribution >= 4 is 26.8 Å². The Morgan fingerprint density at radius 3 is 2.78 bits per heavy atom. The Kier molecular flexibility index (Phi) is 4.03. The van der Waals surface area contributed by atoms with Crippen molar-refractivity contribution in [3.63, 3.8) is 0 Å². The SMILES string of the molecule is CCC(C)(C)NCc1ccc(Br)c2cccnc12. The van der Waals surface area contributed by atoms with Gasteiger partial charge in [-0.3, -0.25) is 4.98 Å². The zero-order valence-corrected chi connectivity index (χ0v) is 12.7. The summed E-state index contributed by atoms with van der Waals surface area (Å²) >= 11 is 3.57. The summed E-state index contributed by atoms with van der Waals surface area (Å²) in [4.78, 5) is 4.50. The summed E-state index contributed by atoms with van der Waals surface area (Å²) in [6, 6.07) is 8.30. The molecule has 0 saturated heterocycles. The van der Waals surface area contributed by atoms with Crippen LogP contribution >= 0.6 is 15.9 Å². The summed E-state index contributed by atoms with van der Waals surface area (Å²) in [5.74, 6) is 0. The van der Waals surface area contributed by atoms with E-state index in [-0.39, 0.29) is 5.54 Å². The smallest absolute Gasteiger partial charge is 0.0758 e. The first kappa shape index (κ1) is 13.5. The van der Waals surface area contributed by atoms with Crippen LogP contribution in [0.5, 0.6) is 0 Å². The van der Waals surface area contributed by atoms with Crippen LogP contribution in [0.2, 0.25) is 0 Å². The molecule has 0 aliphatic heterocycles. The van der Waals surface area contributed by atoms with Gasteiger partial charge in [-0.05, 0) is 38.0 Å². The van der Waals surface area contributed by atoms with E-state index in [1.54, 1.807) is 0 Å². The lowest BCUT2D eigenvalue weighted by Gasteiger charge is -2.25. The third-order valence-corrected chi connectivity index (χ3v) is 4.13. The molecule has 2 rings (SSSR count). The number of benzene rings is 1. The molecule has 0 amide bonds. The van der Waals surface area contributed by atoms with Crippen LogP contribution in [-0.4, -0.2) is 10.5 Å². The number of nitrogens with one attached hydrogen (secondary N) is 1. The maximum absolute atomic E-state index is 4.50. The molecule has 0 saturated carbocycles. The average Bonchev–Trinajstić information content (AvgIpc) is 2.38. The molecular weight excluding hydrogens is 288 g/mol. The largest absolute Gasteiger partial charge is 0.308 e. The standard InChI is InChI=1S/C15H19BrN2/c1-4-15(2,3)18-10-11-7-8-13(16)12-6-5-9-17-14(11)12/h5-9,18H,4,10H2,1-3H3. The second-order valence-electron chi connectivity index (χ2n) is 5.20. The van der Waals surface area contributed by atoms with E-state index in [0.29, 0.717) is 0 Å². The third-order valence-electron chi connectivity index (χ3n) is 3.44. The quantitative estimate of drug-likeness (QED) is 0.912. The molecule has 0 radical (unpaired) electrons. The van der Waals surface area contributed by atoms with E-state index in [4.69, 9.17) is 0 Å². The van der Waals surface area contributed by atoms with Crippen LogP contribution in [0.4, 0.5) is 0 Å². The van der Waals surface area contributed by atoms with Gasteiger partial charge in [0.1, 0.15) is 0 Å². The van der Waals surface area contributed by atoms with Gasteiger partial charge in [-0.1, -0.05) is 35.0 Å². The number of hydrogen-bond donors (Lipinski definition) is 1. The second kappa shape index (κ2) is 5.37. The molecule has 1 aromatic heterocycles. The fourth-order valence-corrected chi connectivity index (χ4v) is 2.25. The number of aromatic nitrogens is 1. The summed E-state index contributed by atoms with van der Waals surface area (Å²) in [6.45, 7) is 7.50. The maximum atomic E-state index is 4.50. The highest BCUT2D eigenvalue weighted by atomic mass is 79.9. The molecule has 0 atom stereocenters. The minimum Gasteiger partial charge on any atom is -0.308 e. The average molecular weight is 307 g/mol. The summed E-state index contributed by atoms with van der Waals surface area (Å²) < 4.78 is 1.10. The van der Waals surface area contributed by atoms with Crippen LogP contribution in [0.15, 0.2) is 34.9 Å². The van der Waals surface area contributed by atoms with Crippen molar-refractivity contribution in [3.05, 3.63) is 40.5 Å². The molecule has 2 nitrogen and oxygen atoms in total. The summed E-state index contributed by atoms with van der Waals surface area (Å²) in [5, 5.41) is 4.75. The van der Waals surface area contributed by atoms with E-state index in [1.807, 2.05) is 12.3 Å². The highest BCUT2D eigenvalue weighted by Gasteiger charge is 2.14. The molecule has 96 valence electrons. The topological polar surface area (TPSA) is 24.9 Å². The lowest BCUT2D eigenvalue weighted by atomic mass is 10.0. The molecule has 1 aromatic carbocycles. The van der Waals surface area contributed by atoms with Crippen LogP contribution in [0.25, 0.3) is 10.9 Å². The summed E-state index contributed by atoms with van der Waals surface area (Å²) in [7, 11) is 0. The van der Waals surface area contributed by atoms with E-state index >= 15 is 0 Å². The first-order valence-electron chi connectivity index (χ1n) is 6.30. The Hall–Kier alpha value is -0.930. The van der Waals surface area contributed by atoms with Crippen LogP contribution < -0.4 is 5.32 Å². The van der Waals surface area contributed by atoms with Gasteiger partial charge in [0.15, 0.2) is 0 Å². The van der Waals surface area contributed by atoms with Gasteiger partial charge in [0, 0.05) is 28.1 Å². The number of hydrogen-bond acceptors (Lipinski definition) is 2. The van der Waals surface area contributed by atoms with Gasteiger partial charge in [0.25, 0.3) is 0 Å². The molecule has 18 heavy (non-hydrogen) atoms. The van der Waals surface area contributed by atoms with Crippen molar-refractivity contribution in [2.45, 2.75) is 39.3 Å². The Balaban J connectivity index is 2.32. The van der Waals surface area contributed by atoms with Crippen molar-refractivity contribution in [2.75, 3.05) is 0 Å². The lowest BCUT2D eigenvalue weighted by Crippen LogP contribution is -2.37. The first-order valence-corrected chi connectivity index (χ1v) is 7.10. The van der Waals surface area contributed by atoms with Gasteiger partial charge in [-0.15, -0.1) is 0 Å². The Labute approximate surface area is 117 Å². The van der Waals surface area contributed by atoms with Gasteiger partial charge in [-0.2, -0.15) is 0 Å². The van der Waals surface area contributed by atoms with Gasteiger partial charge in [-0.25, -0.2) is 0 Å². The zero-order valence-electron chi connectivity index (χ0n) is 11.1. The number of halogens is 1. The van der Waals surface area contributed by atoms with Crippen molar-refractivity contribution in [1.82, 2.24) is 10.3 Å². The molecule has 0 aliphatic carbocycles. The molecule has 0 fully saturated rings. The van der Waals surface area contributed by atoms with E-state index in [1.165, 1.54) is 10.9 Å². The molecule has 0 unspecified atom stereocenters. The van der Waals surface area contributed by atoms with Crippen LogP contribution in [0, 0.1) is 0 Å². The van der Waals surface area contributed by atoms with Crippen LogP contribution in [-0.2, 0) is 6.54 Å². The van der Waals surface area contributed by atoms with Crippen molar-refractivity contribution in [3.8, 4) is 0 Å². The van der Waals surface area contributed by atoms with Gasteiger partial charge >= 0.3 is 0 Å². The number of rotatable bonds is 4. The molecule has 1 N–H and O–H groups in total. The monoisotopic (exact) mass is 306 g/mol. The van der Waals surface area contributed by atoms with E-state index in [2.05, 4.69) is 65.2 Å².